The normalized spacial score (nSPS) is 10.7. The highest BCUT2D eigenvalue weighted by Gasteiger charge is 2.14. The second-order valence-electron chi connectivity index (χ2n) is 6.71. The quantitative estimate of drug-likeness (QED) is 0.753. The van der Waals surface area contributed by atoms with Gasteiger partial charge in [-0.3, -0.25) is 4.79 Å². The monoisotopic (exact) mass is 330 g/mol. The molecule has 0 aliphatic carbocycles. The van der Waals surface area contributed by atoms with Crippen LogP contribution < -0.4 is 5.73 Å². The van der Waals surface area contributed by atoms with Crippen molar-refractivity contribution in [2.75, 3.05) is 0 Å². The number of rotatable bonds is 3. The molecule has 0 atom stereocenters. The smallest absolute Gasteiger partial charge is 0.250 e. The second-order valence-corrected chi connectivity index (χ2v) is 6.71. The number of aromatic nitrogens is 1. The van der Waals surface area contributed by atoms with Crippen molar-refractivity contribution in [2.45, 2.75) is 27.7 Å². The van der Waals surface area contributed by atoms with Crippen LogP contribution in [0.15, 0.2) is 48.5 Å². The number of hydrogen-bond acceptors (Lipinski definition) is 2. The standard InChI is InChI=1S/C22H22N2O/c1-13-7-14(2)10-17(9-13)20-6-5-19(22(23)25)21(24-20)18-11-15(3)8-16(4)12-18/h5-12H,1-4H3,(H2,23,25). The number of aryl methyl sites for hydroxylation is 4. The number of primary amides is 1. The highest BCUT2D eigenvalue weighted by Crippen LogP contribution is 2.28. The van der Waals surface area contributed by atoms with Crippen molar-refractivity contribution < 1.29 is 4.79 Å². The predicted octanol–water partition coefficient (Wildman–Crippen LogP) is 4.75. The van der Waals surface area contributed by atoms with Crippen molar-refractivity contribution in [1.82, 2.24) is 4.98 Å². The van der Waals surface area contributed by atoms with Gasteiger partial charge in [-0.2, -0.15) is 0 Å². The molecular formula is C22H22N2O. The number of hydrogen-bond donors (Lipinski definition) is 1. The fraction of sp³-hybridized carbons (Fsp3) is 0.182. The van der Waals surface area contributed by atoms with Gasteiger partial charge in [-0.1, -0.05) is 34.4 Å². The molecule has 0 aliphatic rings. The van der Waals surface area contributed by atoms with Crippen molar-refractivity contribution in [3.63, 3.8) is 0 Å². The highest BCUT2D eigenvalue weighted by atomic mass is 16.1. The first-order valence-corrected chi connectivity index (χ1v) is 8.31. The van der Waals surface area contributed by atoms with E-state index in [0.717, 1.165) is 27.9 Å². The maximum absolute atomic E-state index is 11.9. The average Bonchev–Trinajstić information content (AvgIpc) is 2.52. The molecule has 3 rings (SSSR count). The lowest BCUT2D eigenvalue weighted by Crippen LogP contribution is -2.13. The van der Waals surface area contributed by atoms with Gasteiger partial charge in [0.15, 0.2) is 0 Å². The second kappa shape index (κ2) is 6.52. The Hall–Kier alpha value is -2.94. The van der Waals surface area contributed by atoms with E-state index >= 15 is 0 Å². The summed E-state index contributed by atoms with van der Waals surface area (Å²) in [5, 5.41) is 0. The Balaban J connectivity index is 2.23. The van der Waals surface area contributed by atoms with E-state index in [9.17, 15) is 4.79 Å². The maximum Gasteiger partial charge on any atom is 0.250 e. The van der Waals surface area contributed by atoms with Crippen LogP contribution in [0.5, 0.6) is 0 Å². The third-order valence-corrected chi connectivity index (χ3v) is 4.17. The Morgan fingerprint density at radius 1 is 0.760 bits per heavy atom. The van der Waals surface area contributed by atoms with Crippen LogP contribution in [0.2, 0.25) is 0 Å². The molecule has 0 radical (unpaired) electrons. The summed E-state index contributed by atoms with van der Waals surface area (Å²) in [7, 11) is 0. The Morgan fingerprint density at radius 2 is 1.24 bits per heavy atom. The van der Waals surface area contributed by atoms with Gasteiger partial charge in [-0.15, -0.1) is 0 Å². The van der Waals surface area contributed by atoms with E-state index in [1.54, 1.807) is 6.07 Å². The molecule has 1 amide bonds. The summed E-state index contributed by atoms with van der Waals surface area (Å²) in [5.41, 5.74) is 14.1. The Kier molecular flexibility index (Phi) is 4.41. The molecule has 2 aromatic carbocycles. The molecule has 0 aliphatic heterocycles. The predicted molar refractivity (Wildman–Crippen MR) is 103 cm³/mol. The number of carbonyl (C=O) groups excluding carboxylic acids is 1. The minimum absolute atomic E-state index is 0.443. The zero-order valence-corrected chi connectivity index (χ0v) is 15.1. The highest BCUT2D eigenvalue weighted by molar-refractivity contribution is 5.99. The molecule has 0 unspecified atom stereocenters. The van der Waals surface area contributed by atoms with Gasteiger partial charge in [0.05, 0.1) is 17.0 Å². The van der Waals surface area contributed by atoms with E-state index in [0.29, 0.717) is 11.3 Å². The molecule has 0 spiro atoms. The summed E-state index contributed by atoms with van der Waals surface area (Å²) in [4.78, 5) is 16.7. The van der Waals surface area contributed by atoms with E-state index in [-0.39, 0.29) is 0 Å². The zero-order valence-electron chi connectivity index (χ0n) is 15.1. The lowest BCUT2D eigenvalue weighted by atomic mass is 9.98. The van der Waals surface area contributed by atoms with Crippen LogP contribution in [-0.4, -0.2) is 10.9 Å². The number of carbonyl (C=O) groups is 1. The van der Waals surface area contributed by atoms with Crippen LogP contribution in [0, 0.1) is 27.7 Å². The summed E-state index contributed by atoms with van der Waals surface area (Å²) >= 11 is 0. The Morgan fingerprint density at radius 3 is 1.72 bits per heavy atom. The molecule has 25 heavy (non-hydrogen) atoms. The molecule has 1 aromatic heterocycles. The van der Waals surface area contributed by atoms with E-state index in [1.165, 1.54) is 11.1 Å². The summed E-state index contributed by atoms with van der Waals surface area (Å²) in [6, 6.07) is 16.1. The molecule has 0 fully saturated rings. The van der Waals surface area contributed by atoms with E-state index in [2.05, 4.69) is 38.1 Å². The van der Waals surface area contributed by atoms with Crippen LogP contribution >= 0.6 is 0 Å². The first-order valence-electron chi connectivity index (χ1n) is 8.31. The molecule has 3 aromatic rings. The van der Waals surface area contributed by atoms with Gasteiger partial charge in [0.2, 0.25) is 0 Å². The first-order chi connectivity index (χ1) is 11.8. The zero-order chi connectivity index (χ0) is 18.1. The summed E-state index contributed by atoms with van der Waals surface area (Å²) < 4.78 is 0. The fourth-order valence-electron chi connectivity index (χ4n) is 3.27. The minimum atomic E-state index is -0.464. The lowest BCUT2D eigenvalue weighted by Gasteiger charge is -2.12. The molecule has 2 N–H and O–H groups in total. The third kappa shape index (κ3) is 3.61. The number of benzene rings is 2. The van der Waals surface area contributed by atoms with Gasteiger partial charge in [0, 0.05) is 11.1 Å². The van der Waals surface area contributed by atoms with E-state index in [4.69, 9.17) is 10.7 Å². The largest absolute Gasteiger partial charge is 0.366 e. The van der Waals surface area contributed by atoms with Crippen LogP contribution in [0.4, 0.5) is 0 Å². The maximum atomic E-state index is 11.9. The summed E-state index contributed by atoms with van der Waals surface area (Å²) in [5.74, 6) is -0.464. The van der Waals surface area contributed by atoms with Gasteiger partial charge in [-0.05, 0) is 64.1 Å². The van der Waals surface area contributed by atoms with Crippen LogP contribution in [-0.2, 0) is 0 Å². The molecule has 0 bridgehead atoms. The van der Waals surface area contributed by atoms with Gasteiger partial charge in [0.1, 0.15) is 0 Å². The molecule has 126 valence electrons. The van der Waals surface area contributed by atoms with E-state index < -0.39 is 5.91 Å². The Bertz CT molecular complexity index is 933. The fourth-order valence-corrected chi connectivity index (χ4v) is 3.27. The summed E-state index contributed by atoms with van der Waals surface area (Å²) in [6.07, 6.45) is 0. The van der Waals surface area contributed by atoms with Gasteiger partial charge >= 0.3 is 0 Å². The SMILES string of the molecule is Cc1cc(C)cc(-c2ccc(C(N)=O)c(-c3cc(C)cc(C)c3)n2)c1. The van der Waals surface area contributed by atoms with Gasteiger partial charge in [0.25, 0.3) is 5.91 Å². The van der Waals surface area contributed by atoms with Gasteiger partial charge in [-0.25, -0.2) is 4.98 Å². The van der Waals surface area contributed by atoms with Crippen molar-refractivity contribution >= 4 is 5.91 Å². The lowest BCUT2D eigenvalue weighted by molar-refractivity contribution is 0.100. The average molecular weight is 330 g/mol. The van der Waals surface area contributed by atoms with Crippen LogP contribution in [0.25, 0.3) is 22.5 Å². The molecule has 0 saturated carbocycles. The number of nitrogens with zero attached hydrogens (tertiary/aromatic N) is 1. The molecule has 3 nitrogen and oxygen atoms in total. The minimum Gasteiger partial charge on any atom is -0.366 e. The van der Waals surface area contributed by atoms with Crippen LogP contribution in [0.1, 0.15) is 32.6 Å². The molecule has 0 saturated heterocycles. The molecular weight excluding hydrogens is 308 g/mol. The van der Waals surface area contributed by atoms with Crippen molar-refractivity contribution in [2.24, 2.45) is 5.73 Å². The molecule has 1 heterocycles. The number of pyridine rings is 1. The van der Waals surface area contributed by atoms with Crippen LogP contribution in [0.3, 0.4) is 0 Å². The van der Waals surface area contributed by atoms with Crippen molar-refractivity contribution in [3.05, 3.63) is 76.3 Å². The third-order valence-electron chi connectivity index (χ3n) is 4.17. The van der Waals surface area contributed by atoms with Gasteiger partial charge < -0.3 is 5.73 Å². The van der Waals surface area contributed by atoms with Crippen molar-refractivity contribution in [1.29, 1.82) is 0 Å². The Labute approximate surface area is 148 Å². The number of amides is 1. The molecule has 3 heteroatoms. The first kappa shape index (κ1) is 16.9. The summed E-state index contributed by atoms with van der Waals surface area (Å²) in [6.45, 7) is 8.21. The van der Waals surface area contributed by atoms with Crippen molar-refractivity contribution in [3.8, 4) is 22.5 Å². The topological polar surface area (TPSA) is 56.0 Å². The van der Waals surface area contributed by atoms with E-state index in [1.807, 2.05) is 32.0 Å². The number of nitrogens with two attached hydrogens (primary N) is 1.